The maximum Gasteiger partial charge on any atom is 0.221 e. The summed E-state index contributed by atoms with van der Waals surface area (Å²) in [6.45, 7) is 5.94. The Kier molecular flexibility index (Phi) is 6.46. The van der Waals surface area contributed by atoms with Crippen LogP contribution in [0.1, 0.15) is 52.4 Å². The highest BCUT2D eigenvalue weighted by atomic mass is 16.1. The molecule has 1 aliphatic carbocycles. The summed E-state index contributed by atoms with van der Waals surface area (Å²) in [5.41, 5.74) is 0. The van der Waals surface area contributed by atoms with E-state index < -0.39 is 0 Å². The number of amides is 1. The van der Waals surface area contributed by atoms with Gasteiger partial charge in [0.25, 0.3) is 0 Å². The highest BCUT2D eigenvalue weighted by molar-refractivity contribution is 5.75. The maximum absolute atomic E-state index is 11.4. The minimum absolute atomic E-state index is 0.174. The lowest BCUT2D eigenvalue weighted by molar-refractivity contribution is -0.121. The topological polar surface area (TPSA) is 41.1 Å². The molecule has 3 nitrogen and oxygen atoms in total. The van der Waals surface area contributed by atoms with Crippen LogP contribution in [0.4, 0.5) is 0 Å². The average Bonchev–Trinajstić information content (AvgIpc) is 2.79. The van der Waals surface area contributed by atoms with E-state index in [-0.39, 0.29) is 5.91 Å². The van der Waals surface area contributed by atoms with Gasteiger partial charge in [-0.25, -0.2) is 0 Å². The Morgan fingerprint density at radius 3 is 2.62 bits per heavy atom. The van der Waals surface area contributed by atoms with Gasteiger partial charge < -0.3 is 10.6 Å². The molecule has 1 saturated carbocycles. The molecule has 0 spiro atoms. The Labute approximate surface area is 99.4 Å². The van der Waals surface area contributed by atoms with Crippen molar-refractivity contribution in [3.8, 4) is 0 Å². The molecule has 0 radical (unpaired) electrons. The minimum atomic E-state index is 0.174. The molecule has 0 aromatic heterocycles. The summed E-state index contributed by atoms with van der Waals surface area (Å²) in [6, 6.07) is 0.571. The van der Waals surface area contributed by atoms with E-state index in [4.69, 9.17) is 0 Å². The first kappa shape index (κ1) is 13.5. The zero-order valence-electron chi connectivity index (χ0n) is 10.7. The number of hydrogen-bond donors (Lipinski definition) is 2. The number of nitrogens with one attached hydrogen (secondary N) is 2. The van der Waals surface area contributed by atoms with E-state index >= 15 is 0 Å². The van der Waals surface area contributed by atoms with Crippen LogP contribution in [0.15, 0.2) is 0 Å². The summed E-state index contributed by atoms with van der Waals surface area (Å²) < 4.78 is 0. The molecule has 16 heavy (non-hydrogen) atoms. The van der Waals surface area contributed by atoms with Crippen molar-refractivity contribution in [2.24, 2.45) is 5.92 Å². The van der Waals surface area contributed by atoms with Crippen molar-refractivity contribution in [2.45, 2.75) is 58.4 Å². The van der Waals surface area contributed by atoms with Crippen LogP contribution >= 0.6 is 0 Å². The van der Waals surface area contributed by atoms with Gasteiger partial charge in [0.05, 0.1) is 0 Å². The Balaban J connectivity index is 2.03. The van der Waals surface area contributed by atoms with Gasteiger partial charge in [-0.2, -0.15) is 0 Å². The Morgan fingerprint density at radius 1 is 1.31 bits per heavy atom. The van der Waals surface area contributed by atoms with Crippen molar-refractivity contribution >= 4 is 5.91 Å². The van der Waals surface area contributed by atoms with Gasteiger partial charge in [-0.05, 0) is 32.1 Å². The lowest BCUT2D eigenvalue weighted by Gasteiger charge is -2.20. The van der Waals surface area contributed by atoms with Crippen LogP contribution in [-0.2, 0) is 4.79 Å². The van der Waals surface area contributed by atoms with E-state index in [0.717, 1.165) is 25.4 Å². The Hall–Kier alpha value is -0.570. The molecule has 2 N–H and O–H groups in total. The number of carbonyl (C=O) groups is 1. The molecule has 0 aliphatic heterocycles. The first-order valence-corrected chi connectivity index (χ1v) is 6.74. The van der Waals surface area contributed by atoms with Crippen molar-refractivity contribution in [1.29, 1.82) is 0 Å². The normalized spacial score (nSPS) is 18.6. The predicted molar refractivity (Wildman–Crippen MR) is 67.3 cm³/mol. The van der Waals surface area contributed by atoms with Gasteiger partial charge in [0.2, 0.25) is 5.91 Å². The maximum atomic E-state index is 11.4. The molecule has 0 aromatic rings. The third kappa shape index (κ3) is 4.97. The lowest BCUT2D eigenvalue weighted by Crippen LogP contribution is -2.35. The highest BCUT2D eigenvalue weighted by Crippen LogP contribution is 2.27. The monoisotopic (exact) mass is 226 g/mol. The molecule has 1 fully saturated rings. The van der Waals surface area contributed by atoms with Gasteiger partial charge in [0, 0.05) is 25.6 Å². The molecule has 1 rings (SSSR count). The van der Waals surface area contributed by atoms with E-state index in [2.05, 4.69) is 24.5 Å². The summed E-state index contributed by atoms with van der Waals surface area (Å²) in [4.78, 5) is 11.4. The molecule has 1 aliphatic rings. The molecular formula is C13H26N2O. The zero-order valence-corrected chi connectivity index (χ0v) is 10.7. The summed E-state index contributed by atoms with van der Waals surface area (Å²) in [7, 11) is 0. The van der Waals surface area contributed by atoms with E-state index in [1.54, 1.807) is 0 Å². The fraction of sp³-hybridized carbons (Fsp3) is 0.923. The smallest absolute Gasteiger partial charge is 0.221 e. The molecule has 94 valence electrons. The third-order valence-corrected chi connectivity index (χ3v) is 3.50. The predicted octanol–water partition coefficient (Wildman–Crippen LogP) is 2.07. The molecule has 3 heteroatoms. The van der Waals surface area contributed by atoms with Crippen LogP contribution < -0.4 is 10.6 Å². The average molecular weight is 226 g/mol. The Bertz CT molecular complexity index is 200. The van der Waals surface area contributed by atoms with Crippen molar-refractivity contribution in [2.75, 3.05) is 13.1 Å². The largest absolute Gasteiger partial charge is 0.356 e. The van der Waals surface area contributed by atoms with Crippen LogP contribution in [0, 0.1) is 5.92 Å². The second-order valence-corrected chi connectivity index (χ2v) is 4.89. The van der Waals surface area contributed by atoms with Gasteiger partial charge in [0.15, 0.2) is 0 Å². The minimum Gasteiger partial charge on any atom is -0.356 e. The van der Waals surface area contributed by atoms with Gasteiger partial charge >= 0.3 is 0 Å². The van der Waals surface area contributed by atoms with Crippen molar-refractivity contribution in [3.63, 3.8) is 0 Å². The number of carbonyl (C=O) groups excluding carboxylic acids is 1. The first-order chi connectivity index (χ1) is 7.74. The number of hydrogen-bond acceptors (Lipinski definition) is 2. The van der Waals surface area contributed by atoms with Crippen LogP contribution in [0.3, 0.4) is 0 Å². The third-order valence-electron chi connectivity index (χ3n) is 3.50. The molecule has 0 aromatic carbocycles. The molecule has 0 bridgehead atoms. The summed E-state index contributed by atoms with van der Waals surface area (Å²) in [6.07, 6.45) is 7.10. The van der Waals surface area contributed by atoms with Crippen LogP contribution in [0.5, 0.6) is 0 Å². The van der Waals surface area contributed by atoms with Crippen LogP contribution in [-0.4, -0.2) is 25.0 Å². The lowest BCUT2D eigenvalue weighted by atomic mass is 10.00. The zero-order chi connectivity index (χ0) is 11.8. The van der Waals surface area contributed by atoms with Crippen molar-refractivity contribution in [3.05, 3.63) is 0 Å². The summed E-state index contributed by atoms with van der Waals surface area (Å²) in [5, 5.41) is 6.37. The van der Waals surface area contributed by atoms with Gasteiger partial charge in [0.1, 0.15) is 0 Å². The number of rotatable bonds is 7. The first-order valence-electron chi connectivity index (χ1n) is 6.74. The SMILES string of the molecule is CCCNC(=O)CCNC(C)C1CCCC1. The quantitative estimate of drug-likeness (QED) is 0.698. The fourth-order valence-electron chi connectivity index (χ4n) is 2.39. The van der Waals surface area contributed by atoms with E-state index in [1.807, 2.05) is 0 Å². The van der Waals surface area contributed by atoms with Crippen LogP contribution in [0.25, 0.3) is 0 Å². The second-order valence-electron chi connectivity index (χ2n) is 4.89. The fourth-order valence-corrected chi connectivity index (χ4v) is 2.39. The van der Waals surface area contributed by atoms with Crippen molar-refractivity contribution in [1.82, 2.24) is 10.6 Å². The van der Waals surface area contributed by atoms with Gasteiger partial charge in [-0.15, -0.1) is 0 Å². The van der Waals surface area contributed by atoms with Crippen LogP contribution in [0.2, 0.25) is 0 Å². The van der Waals surface area contributed by atoms with Crippen molar-refractivity contribution < 1.29 is 4.79 Å². The van der Waals surface area contributed by atoms with Gasteiger partial charge in [-0.1, -0.05) is 19.8 Å². The van der Waals surface area contributed by atoms with Gasteiger partial charge in [-0.3, -0.25) is 4.79 Å². The molecule has 0 saturated heterocycles. The summed E-state index contributed by atoms with van der Waals surface area (Å²) >= 11 is 0. The molecule has 1 atom stereocenters. The highest BCUT2D eigenvalue weighted by Gasteiger charge is 2.20. The molecule has 1 unspecified atom stereocenters. The molecule has 0 heterocycles. The second kappa shape index (κ2) is 7.66. The summed E-state index contributed by atoms with van der Waals surface area (Å²) in [5.74, 6) is 1.01. The standard InChI is InChI=1S/C13H26N2O/c1-3-9-15-13(16)8-10-14-11(2)12-6-4-5-7-12/h11-12,14H,3-10H2,1-2H3,(H,15,16). The molecule has 1 amide bonds. The van der Waals surface area contributed by atoms with E-state index in [0.29, 0.717) is 12.5 Å². The molecular weight excluding hydrogens is 200 g/mol. The Morgan fingerprint density at radius 2 is 2.00 bits per heavy atom. The van der Waals surface area contributed by atoms with E-state index in [1.165, 1.54) is 25.7 Å². The van der Waals surface area contributed by atoms with E-state index in [9.17, 15) is 4.79 Å².